The third-order valence-corrected chi connectivity index (χ3v) is 3.76. The number of benzene rings is 2. The van der Waals surface area contributed by atoms with Gasteiger partial charge in [-0.3, -0.25) is 4.79 Å². The van der Waals surface area contributed by atoms with Crippen LogP contribution in [-0.2, 0) is 4.79 Å². The number of nitriles is 1. The molecule has 0 aromatic heterocycles. The number of amides is 1. The molecule has 1 amide bonds. The zero-order chi connectivity index (χ0) is 16.1. The molecule has 0 bridgehead atoms. The van der Waals surface area contributed by atoms with Crippen LogP contribution in [0.3, 0.4) is 0 Å². The van der Waals surface area contributed by atoms with Gasteiger partial charge in [0.15, 0.2) is 0 Å². The van der Waals surface area contributed by atoms with Crippen LogP contribution in [0, 0.1) is 18.3 Å². The van der Waals surface area contributed by atoms with Crippen molar-refractivity contribution < 1.29 is 4.79 Å². The van der Waals surface area contributed by atoms with Crippen LogP contribution in [0.4, 0.5) is 5.69 Å². The van der Waals surface area contributed by atoms with Crippen molar-refractivity contribution >= 4 is 45.2 Å². The molecule has 0 radical (unpaired) electrons. The largest absolute Gasteiger partial charge is 0.321 e. The lowest BCUT2D eigenvalue weighted by Gasteiger charge is -2.08. The Morgan fingerprint density at radius 1 is 1.27 bits per heavy atom. The van der Waals surface area contributed by atoms with Crippen LogP contribution in [0.15, 0.2) is 52.5 Å². The summed E-state index contributed by atoms with van der Waals surface area (Å²) in [5.74, 6) is -0.462. The van der Waals surface area contributed by atoms with E-state index in [0.717, 1.165) is 15.6 Å². The van der Waals surface area contributed by atoms with Crippen LogP contribution in [0.2, 0.25) is 5.02 Å². The van der Waals surface area contributed by atoms with Gasteiger partial charge < -0.3 is 5.32 Å². The molecule has 2 aromatic rings. The lowest BCUT2D eigenvalue weighted by molar-refractivity contribution is -0.112. The van der Waals surface area contributed by atoms with E-state index < -0.39 is 5.91 Å². The normalized spacial score (nSPS) is 10.9. The lowest BCUT2D eigenvalue weighted by Crippen LogP contribution is -2.14. The highest BCUT2D eigenvalue weighted by Gasteiger charge is 2.11. The Labute approximate surface area is 142 Å². The van der Waals surface area contributed by atoms with Crippen LogP contribution >= 0.6 is 27.5 Å². The van der Waals surface area contributed by atoms with E-state index in [4.69, 9.17) is 11.6 Å². The van der Waals surface area contributed by atoms with Crippen molar-refractivity contribution in [2.75, 3.05) is 5.32 Å². The SMILES string of the molecule is Cc1ccc(Cl)cc1NC(=O)/C(C#N)=C/c1ccc(Br)cc1. The van der Waals surface area contributed by atoms with Gasteiger partial charge >= 0.3 is 0 Å². The molecule has 0 atom stereocenters. The molecule has 0 fully saturated rings. The molecule has 0 spiro atoms. The molecule has 0 saturated carbocycles. The van der Waals surface area contributed by atoms with Crippen LogP contribution in [0.5, 0.6) is 0 Å². The average molecular weight is 376 g/mol. The summed E-state index contributed by atoms with van der Waals surface area (Å²) in [5.41, 5.74) is 2.27. The Hall–Kier alpha value is -2.09. The average Bonchev–Trinajstić information content (AvgIpc) is 2.50. The van der Waals surface area contributed by atoms with E-state index in [1.165, 1.54) is 0 Å². The van der Waals surface area contributed by atoms with Gasteiger partial charge in [0, 0.05) is 15.2 Å². The predicted molar refractivity (Wildman–Crippen MR) is 92.6 cm³/mol. The quantitative estimate of drug-likeness (QED) is 0.609. The molecule has 110 valence electrons. The first-order valence-electron chi connectivity index (χ1n) is 6.44. The Morgan fingerprint density at radius 2 is 1.95 bits per heavy atom. The predicted octanol–water partition coefficient (Wildman–Crippen LogP) is 4.96. The van der Waals surface area contributed by atoms with E-state index in [0.29, 0.717) is 10.7 Å². The van der Waals surface area contributed by atoms with Crippen LogP contribution < -0.4 is 5.32 Å². The smallest absolute Gasteiger partial charge is 0.266 e. The Morgan fingerprint density at radius 3 is 2.59 bits per heavy atom. The summed E-state index contributed by atoms with van der Waals surface area (Å²) < 4.78 is 0.933. The summed E-state index contributed by atoms with van der Waals surface area (Å²) in [6.07, 6.45) is 1.54. The van der Waals surface area contributed by atoms with Gasteiger partial charge in [-0.15, -0.1) is 0 Å². The molecule has 2 rings (SSSR count). The van der Waals surface area contributed by atoms with Gasteiger partial charge in [0.05, 0.1) is 0 Å². The highest BCUT2D eigenvalue weighted by atomic mass is 79.9. The molecule has 0 unspecified atom stereocenters. The van der Waals surface area contributed by atoms with E-state index >= 15 is 0 Å². The fourth-order valence-corrected chi connectivity index (χ4v) is 2.23. The van der Waals surface area contributed by atoms with Gasteiger partial charge in [0.25, 0.3) is 5.91 Å². The molecule has 0 heterocycles. The maximum absolute atomic E-state index is 12.2. The molecule has 0 aliphatic carbocycles. The van der Waals surface area contributed by atoms with Crippen molar-refractivity contribution in [2.45, 2.75) is 6.92 Å². The molecule has 0 aliphatic rings. The lowest BCUT2D eigenvalue weighted by atomic mass is 10.1. The fraction of sp³-hybridized carbons (Fsp3) is 0.0588. The molecule has 0 saturated heterocycles. The Kier molecular flexibility index (Phi) is 5.37. The summed E-state index contributed by atoms with van der Waals surface area (Å²) in [5, 5.41) is 12.4. The highest BCUT2D eigenvalue weighted by Crippen LogP contribution is 2.21. The first kappa shape index (κ1) is 16.3. The second kappa shape index (κ2) is 7.26. The third-order valence-electron chi connectivity index (χ3n) is 2.99. The topological polar surface area (TPSA) is 52.9 Å². The summed E-state index contributed by atoms with van der Waals surface area (Å²) in [7, 11) is 0. The van der Waals surface area contributed by atoms with Crippen molar-refractivity contribution in [1.82, 2.24) is 0 Å². The van der Waals surface area contributed by atoms with Crippen molar-refractivity contribution in [3.8, 4) is 6.07 Å². The zero-order valence-corrected chi connectivity index (χ0v) is 14.1. The number of nitrogens with one attached hydrogen (secondary N) is 1. The molecule has 22 heavy (non-hydrogen) atoms. The molecule has 5 heteroatoms. The van der Waals surface area contributed by atoms with Gasteiger partial charge in [-0.25, -0.2) is 0 Å². The zero-order valence-electron chi connectivity index (χ0n) is 11.7. The Balaban J connectivity index is 2.24. The number of aryl methyl sites for hydroxylation is 1. The summed E-state index contributed by atoms with van der Waals surface area (Å²) in [4.78, 5) is 12.2. The van der Waals surface area contributed by atoms with Gasteiger partial charge in [-0.2, -0.15) is 5.26 Å². The van der Waals surface area contributed by atoms with Gasteiger partial charge in [0.1, 0.15) is 11.6 Å². The van der Waals surface area contributed by atoms with Crippen LogP contribution in [-0.4, -0.2) is 5.91 Å². The summed E-state index contributed by atoms with van der Waals surface area (Å²) in [6, 6.07) is 14.5. The fourth-order valence-electron chi connectivity index (χ4n) is 1.79. The number of nitrogens with zero attached hydrogens (tertiary/aromatic N) is 1. The maximum atomic E-state index is 12.2. The monoisotopic (exact) mass is 374 g/mol. The second-order valence-corrected chi connectivity index (χ2v) is 5.99. The van der Waals surface area contributed by atoms with E-state index in [2.05, 4.69) is 21.2 Å². The van der Waals surface area contributed by atoms with Crippen molar-refractivity contribution in [3.05, 3.63) is 68.7 Å². The van der Waals surface area contributed by atoms with Crippen molar-refractivity contribution in [2.24, 2.45) is 0 Å². The molecule has 2 aromatic carbocycles. The first-order chi connectivity index (χ1) is 10.5. The molecular formula is C17H12BrClN2O. The number of hydrogen-bond acceptors (Lipinski definition) is 2. The first-order valence-corrected chi connectivity index (χ1v) is 7.61. The minimum Gasteiger partial charge on any atom is -0.321 e. The van der Waals surface area contributed by atoms with Gasteiger partial charge in [-0.05, 0) is 48.4 Å². The number of anilines is 1. The van der Waals surface area contributed by atoms with Crippen molar-refractivity contribution in [1.29, 1.82) is 5.26 Å². The summed E-state index contributed by atoms with van der Waals surface area (Å²) in [6.45, 7) is 1.86. The minimum absolute atomic E-state index is 0.0293. The van der Waals surface area contributed by atoms with E-state index in [1.54, 1.807) is 18.2 Å². The summed E-state index contributed by atoms with van der Waals surface area (Å²) >= 11 is 9.26. The number of carbonyl (C=O) groups excluding carboxylic acids is 1. The van der Waals surface area contributed by atoms with Crippen molar-refractivity contribution in [3.63, 3.8) is 0 Å². The number of carbonyl (C=O) groups is 1. The van der Waals surface area contributed by atoms with Gasteiger partial charge in [-0.1, -0.05) is 45.7 Å². The highest BCUT2D eigenvalue weighted by molar-refractivity contribution is 9.10. The number of halogens is 2. The molecular weight excluding hydrogens is 364 g/mol. The standard InChI is InChI=1S/C17H12BrClN2O/c1-11-2-7-15(19)9-16(11)21-17(22)13(10-20)8-12-3-5-14(18)6-4-12/h2-9H,1H3,(H,21,22)/b13-8+. The van der Waals surface area contributed by atoms with Crippen LogP contribution in [0.1, 0.15) is 11.1 Å². The maximum Gasteiger partial charge on any atom is 0.266 e. The number of hydrogen-bond donors (Lipinski definition) is 1. The van der Waals surface area contributed by atoms with E-state index in [9.17, 15) is 10.1 Å². The number of rotatable bonds is 3. The van der Waals surface area contributed by atoms with Gasteiger partial charge in [0.2, 0.25) is 0 Å². The van der Waals surface area contributed by atoms with Crippen LogP contribution in [0.25, 0.3) is 6.08 Å². The van der Waals surface area contributed by atoms with E-state index in [-0.39, 0.29) is 5.57 Å². The second-order valence-electron chi connectivity index (χ2n) is 4.63. The van der Waals surface area contributed by atoms with E-state index in [1.807, 2.05) is 43.3 Å². The third kappa shape index (κ3) is 4.20. The Bertz CT molecular complexity index is 776. The minimum atomic E-state index is -0.462. The molecule has 1 N–H and O–H groups in total. The molecule has 3 nitrogen and oxygen atoms in total. The molecule has 0 aliphatic heterocycles.